The van der Waals surface area contributed by atoms with E-state index in [1.165, 1.54) is 13.8 Å². The first kappa shape index (κ1) is 14.5. The van der Waals surface area contributed by atoms with E-state index in [1.807, 2.05) is 0 Å². The van der Waals surface area contributed by atoms with Crippen LogP contribution in [-0.4, -0.2) is 27.2 Å². The van der Waals surface area contributed by atoms with Crippen LogP contribution in [0.4, 0.5) is 0 Å². The average Bonchev–Trinajstić information content (AvgIpc) is 1.86. The number of hydrogen-bond acceptors (Lipinski definition) is 3. The van der Waals surface area contributed by atoms with Gasteiger partial charge in [0, 0.05) is 6.72 Å². The van der Waals surface area contributed by atoms with Gasteiger partial charge in [0.2, 0.25) is 0 Å². The summed E-state index contributed by atoms with van der Waals surface area (Å²) in [5, 5.41) is 0. The van der Waals surface area contributed by atoms with Gasteiger partial charge in [-0.25, -0.2) is 8.42 Å². The summed E-state index contributed by atoms with van der Waals surface area (Å²) in [6, 6.07) is 0. The van der Waals surface area contributed by atoms with Crippen molar-refractivity contribution in [3.63, 3.8) is 0 Å². The second kappa shape index (κ2) is 4.87. The zero-order valence-electron chi connectivity index (χ0n) is 6.90. The maximum absolute atomic E-state index is 10.8. The summed E-state index contributed by atoms with van der Waals surface area (Å²) in [5.41, 5.74) is -1.000. The molecule has 0 unspecified atom stereocenters. The van der Waals surface area contributed by atoms with Crippen LogP contribution in [0.15, 0.2) is 4.40 Å². The van der Waals surface area contributed by atoms with Gasteiger partial charge in [0.1, 0.15) is 0 Å². The fourth-order valence-corrected chi connectivity index (χ4v) is 1.59. The molecule has 0 heterocycles. The molecule has 0 aliphatic rings. The molecule has 0 atom stereocenters. The first-order valence-electron chi connectivity index (χ1n) is 2.93. The molecule has 0 saturated carbocycles. The second-order valence-electron chi connectivity index (χ2n) is 2.84. The van der Waals surface area contributed by atoms with Gasteiger partial charge >= 0.3 is 21.1 Å². The van der Waals surface area contributed by atoms with Crippen LogP contribution in [0, 0.1) is 5.41 Å². The Morgan fingerprint density at radius 3 is 2.17 bits per heavy atom. The van der Waals surface area contributed by atoms with Crippen LogP contribution in [0.3, 0.4) is 0 Å². The monoisotopic (exact) mass is 360 g/mol. The van der Waals surface area contributed by atoms with Gasteiger partial charge in [-0.3, -0.25) is 6.29 Å². The number of hydrogen-bond donors (Lipinski definition) is 0. The van der Waals surface area contributed by atoms with Crippen molar-refractivity contribution in [1.82, 2.24) is 0 Å². The van der Waals surface area contributed by atoms with E-state index in [0.717, 1.165) is 0 Å². The summed E-state index contributed by atoms with van der Waals surface area (Å²) in [4.78, 5) is 10.2. The molecule has 12 heavy (non-hydrogen) atoms. The molecular weight excluding hydrogens is 350 g/mol. The van der Waals surface area contributed by atoms with Crippen molar-refractivity contribution >= 4 is 23.0 Å². The topological polar surface area (TPSA) is 63.6 Å². The van der Waals surface area contributed by atoms with E-state index in [4.69, 9.17) is 0 Å². The molecule has 0 saturated heterocycles. The fraction of sp³-hybridized carbons (Fsp3) is 0.667. The maximum Gasteiger partial charge on any atom is 2.00 e. The summed E-state index contributed by atoms with van der Waals surface area (Å²) in [5.74, 6) is -0.340. The molecule has 0 spiro atoms. The van der Waals surface area contributed by atoms with Gasteiger partial charge in [0.15, 0.2) is 0 Å². The molecule has 0 fully saturated rings. The van der Waals surface area contributed by atoms with Crippen molar-refractivity contribution in [3.8, 4) is 0 Å². The number of nitrogens with zero attached hydrogens (tertiary/aromatic N) is 1. The minimum Gasteiger partial charge on any atom is -0.541 e. The van der Waals surface area contributed by atoms with Gasteiger partial charge in [0.25, 0.3) is 10.0 Å². The van der Waals surface area contributed by atoms with Crippen LogP contribution < -0.4 is 0 Å². The molecule has 0 N–H and O–H groups in total. The zero-order chi connectivity index (χ0) is 9.12. The Labute approximate surface area is 86.8 Å². The normalized spacial score (nSPS) is 11.5. The predicted octanol–water partition coefficient (Wildman–Crippen LogP) is 0.150. The number of sulfonamides is 1. The molecule has 0 amide bonds. The third kappa shape index (κ3) is 5.61. The van der Waals surface area contributed by atoms with Crippen molar-refractivity contribution in [1.29, 1.82) is 0 Å². The fourth-order valence-electron chi connectivity index (χ4n) is 0.531. The van der Waals surface area contributed by atoms with Crippen LogP contribution in [0.5, 0.6) is 0 Å². The van der Waals surface area contributed by atoms with E-state index in [0.29, 0.717) is 0 Å². The van der Waals surface area contributed by atoms with Gasteiger partial charge in [-0.2, -0.15) is 4.40 Å². The zero-order valence-corrected chi connectivity index (χ0v) is 10.7. The Bertz CT molecular complexity index is 258. The van der Waals surface area contributed by atoms with Gasteiger partial charge in [-0.15, -0.1) is 5.41 Å². The van der Waals surface area contributed by atoms with Crippen LogP contribution in [0.25, 0.3) is 0 Å². The van der Waals surface area contributed by atoms with Crippen molar-refractivity contribution in [2.45, 2.75) is 13.8 Å². The SMILES string of the molecule is C=NS(=O)(=O)CC(C)(C)[C-]=O.[W+2]. The van der Waals surface area contributed by atoms with Crippen LogP contribution >= 0.6 is 0 Å². The smallest absolute Gasteiger partial charge is 0.541 e. The molecule has 68 valence electrons. The van der Waals surface area contributed by atoms with Gasteiger partial charge in [0.05, 0.1) is 5.75 Å². The summed E-state index contributed by atoms with van der Waals surface area (Å²) in [6.07, 6.45) is 1.61. The second-order valence-corrected chi connectivity index (χ2v) is 4.55. The average molecular weight is 360 g/mol. The van der Waals surface area contributed by atoms with Crippen LogP contribution in [-0.2, 0) is 35.9 Å². The van der Waals surface area contributed by atoms with Crippen molar-refractivity contribution < 1.29 is 34.3 Å². The number of rotatable bonds is 4. The van der Waals surface area contributed by atoms with E-state index < -0.39 is 15.4 Å². The predicted molar refractivity (Wildman–Crippen MR) is 42.8 cm³/mol. The van der Waals surface area contributed by atoms with E-state index >= 15 is 0 Å². The van der Waals surface area contributed by atoms with E-state index in [-0.39, 0.29) is 26.8 Å². The van der Waals surface area contributed by atoms with Gasteiger partial charge in [-0.1, -0.05) is 13.8 Å². The third-order valence-electron chi connectivity index (χ3n) is 1.02. The summed E-state index contributed by atoms with van der Waals surface area (Å²) >= 11 is 0. The first-order chi connectivity index (χ1) is 4.83. The van der Waals surface area contributed by atoms with E-state index in [2.05, 4.69) is 11.1 Å². The van der Waals surface area contributed by atoms with Crippen LogP contribution in [0.1, 0.15) is 13.8 Å². The molecule has 0 bridgehead atoms. The Hall–Kier alpha value is -0.0217. The van der Waals surface area contributed by atoms with Gasteiger partial charge in [-0.05, 0) is 0 Å². The molecule has 0 aromatic rings. The molecular formula is C6H10NO3SW+. The summed E-state index contributed by atoms with van der Waals surface area (Å²) < 4.78 is 24.4. The molecule has 0 aromatic heterocycles. The Morgan fingerprint density at radius 1 is 1.50 bits per heavy atom. The van der Waals surface area contributed by atoms with Crippen LogP contribution in [0.2, 0.25) is 0 Å². The minimum absolute atomic E-state index is 0. The van der Waals surface area contributed by atoms with E-state index in [1.54, 1.807) is 6.29 Å². The first-order valence-corrected chi connectivity index (χ1v) is 4.54. The van der Waals surface area contributed by atoms with Crippen molar-refractivity contribution in [2.75, 3.05) is 5.75 Å². The van der Waals surface area contributed by atoms with Crippen molar-refractivity contribution in [3.05, 3.63) is 0 Å². The third-order valence-corrected chi connectivity index (χ3v) is 2.50. The Morgan fingerprint density at radius 2 is 1.92 bits per heavy atom. The standard InChI is InChI=1S/C6H10NO3S.W/c1-6(2,4-8)5-11(9,10)7-3;/h3,5H2,1-2H3;/q-1;+2. The minimum atomic E-state index is -3.54. The molecule has 0 rings (SSSR count). The molecule has 0 aromatic carbocycles. The van der Waals surface area contributed by atoms with E-state index in [9.17, 15) is 13.2 Å². The summed E-state index contributed by atoms with van der Waals surface area (Å²) in [6.45, 7) is 5.83. The molecule has 6 heteroatoms. The molecule has 4 nitrogen and oxygen atoms in total. The Balaban J connectivity index is 0. The molecule has 0 aliphatic carbocycles. The quantitative estimate of drug-likeness (QED) is 0.530. The summed E-state index contributed by atoms with van der Waals surface area (Å²) in [7, 11) is -3.54. The largest absolute Gasteiger partial charge is 2.00 e. The van der Waals surface area contributed by atoms with Crippen molar-refractivity contribution in [2.24, 2.45) is 9.81 Å². The number of carbonyl (C=O) groups excluding carboxylic acids is 1. The van der Waals surface area contributed by atoms with Gasteiger partial charge < -0.3 is 4.79 Å². The molecule has 0 aliphatic heterocycles. The molecule has 0 radical (unpaired) electrons. The Kier molecular flexibility index (Phi) is 5.89. The maximum atomic E-state index is 10.8.